The first kappa shape index (κ1) is 23.1. The predicted molar refractivity (Wildman–Crippen MR) is 129 cm³/mol. The minimum atomic E-state index is -0.120. The molecule has 2 nitrogen and oxygen atoms in total. The number of ether oxygens (including phenoxy) is 1. The zero-order valence-electron chi connectivity index (χ0n) is 21.0. The monoisotopic (exact) mass is 426 g/mol. The van der Waals surface area contributed by atoms with Gasteiger partial charge in [-0.05, 0) is 97.7 Å². The summed E-state index contributed by atoms with van der Waals surface area (Å²) in [6.07, 6.45) is 19.0. The summed E-state index contributed by atoms with van der Waals surface area (Å²) < 4.78 is 5.61. The number of hydrogen-bond acceptors (Lipinski definition) is 2. The van der Waals surface area contributed by atoms with E-state index in [1.54, 1.807) is 12.5 Å². The van der Waals surface area contributed by atoms with Crippen molar-refractivity contribution in [3.63, 3.8) is 0 Å². The van der Waals surface area contributed by atoms with E-state index in [0.29, 0.717) is 16.7 Å². The van der Waals surface area contributed by atoms with Gasteiger partial charge in [-0.3, -0.25) is 4.79 Å². The maximum absolute atomic E-state index is 11.5. The quantitative estimate of drug-likeness (QED) is 0.332. The molecule has 0 heterocycles. The first-order valence-electron chi connectivity index (χ1n) is 13.2. The topological polar surface area (TPSA) is 26.3 Å². The molecule has 0 aromatic rings. The van der Waals surface area contributed by atoms with Crippen LogP contribution in [0.3, 0.4) is 0 Å². The molecule has 0 saturated heterocycles. The minimum absolute atomic E-state index is 0.108. The molecule has 3 saturated carbocycles. The molecule has 3 fully saturated rings. The molecule has 4 aliphatic carbocycles. The van der Waals surface area contributed by atoms with Crippen LogP contribution < -0.4 is 0 Å². The molecular weight excluding hydrogens is 380 g/mol. The lowest BCUT2D eigenvalue weighted by molar-refractivity contribution is -0.148. The lowest BCUT2D eigenvalue weighted by Gasteiger charge is -2.58. The molecule has 0 aromatic carbocycles. The van der Waals surface area contributed by atoms with E-state index in [0.717, 1.165) is 42.4 Å². The number of carbonyl (C=O) groups is 1. The zero-order valence-corrected chi connectivity index (χ0v) is 21.0. The standard InChI is InChI=1S/C29H46O2/c1-19(2)8-7-9-20(3)25-12-13-26-24-11-10-22-18-23(31-21(4)30)14-16-28(22,5)27(24)15-17-29(25,26)6/h7,9-10,19-20,23-27H,8,11-18H2,1-6H3/b9-7-/t20-,23?,24+,25-,26+,27+,28+,29-/m1/s1. The van der Waals surface area contributed by atoms with Crippen molar-refractivity contribution in [2.24, 2.45) is 46.3 Å². The zero-order chi connectivity index (χ0) is 22.4. The summed E-state index contributed by atoms with van der Waals surface area (Å²) in [4.78, 5) is 11.5. The average molecular weight is 427 g/mol. The van der Waals surface area contributed by atoms with E-state index in [4.69, 9.17) is 4.74 Å². The SMILES string of the molecule is CC(=O)OC1CC[C@@]2(C)C(=CC[C@H]3[C@@H]4CC[C@H]([C@H](C)/C=C\CC(C)C)[C@@]4(C)CC[C@@H]32)C1. The highest BCUT2D eigenvalue weighted by Gasteiger charge is 2.59. The average Bonchev–Trinajstić information content (AvgIpc) is 3.05. The van der Waals surface area contributed by atoms with E-state index in [2.05, 4.69) is 52.8 Å². The summed E-state index contributed by atoms with van der Waals surface area (Å²) in [6, 6.07) is 0. The van der Waals surface area contributed by atoms with Crippen molar-refractivity contribution in [3.8, 4) is 0 Å². The molecule has 2 heteroatoms. The molecule has 4 rings (SSSR count). The normalized spacial score (nSPS) is 43.2. The van der Waals surface area contributed by atoms with Crippen LogP contribution in [-0.4, -0.2) is 12.1 Å². The van der Waals surface area contributed by atoms with Gasteiger partial charge in [-0.25, -0.2) is 0 Å². The predicted octanol–water partition coefficient (Wildman–Crippen LogP) is 7.74. The van der Waals surface area contributed by atoms with Gasteiger partial charge in [0.15, 0.2) is 0 Å². The maximum Gasteiger partial charge on any atom is 0.302 e. The Morgan fingerprint density at radius 3 is 2.61 bits per heavy atom. The van der Waals surface area contributed by atoms with Crippen LogP contribution in [0.1, 0.15) is 99.3 Å². The second kappa shape index (κ2) is 8.71. The van der Waals surface area contributed by atoms with Crippen LogP contribution in [0, 0.1) is 46.3 Å². The summed E-state index contributed by atoms with van der Waals surface area (Å²) >= 11 is 0. The fraction of sp³-hybridized carbons (Fsp3) is 0.828. The Morgan fingerprint density at radius 2 is 1.90 bits per heavy atom. The number of fused-ring (bicyclic) bond motifs is 5. The van der Waals surface area contributed by atoms with Gasteiger partial charge in [-0.2, -0.15) is 0 Å². The van der Waals surface area contributed by atoms with Crippen LogP contribution in [0.4, 0.5) is 0 Å². The highest BCUT2D eigenvalue weighted by Crippen LogP contribution is 2.67. The second-order valence-corrected chi connectivity index (χ2v) is 12.4. The van der Waals surface area contributed by atoms with Crippen molar-refractivity contribution in [1.82, 2.24) is 0 Å². The Morgan fingerprint density at radius 1 is 1.13 bits per heavy atom. The van der Waals surface area contributed by atoms with Gasteiger partial charge >= 0.3 is 5.97 Å². The Hall–Kier alpha value is -1.05. The fourth-order valence-corrected chi connectivity index (χ4v) is 8.57. The lowest BCUT2D eigenvalue weighted by atomic mass is 9.47. The van der Waals surface area contributed by atoms with E-state index < -0.39 is 0 Å². The van der Waals surface area contributed by atoms with Gasteiger partial charge in [-0.15, -0.1) is 0 Å². The summed E-state index contributed by atoms with van der Waals surface area (Å²) in [7, 11) is 0. The minimum Gasteiger partial charge on any atom is -0.462 e. The molecule has 0 amide bonds. The van der Waals surface area contributed by atoms with Crippen molar-refractivity contribution in [2.45, 2.75) is 105 Å². The Labute approximate surface area is 191 Å². The van der Waals surface area contributed by atoms with Crippen molar-refractivity contribution in [2.75, 3.05) is 0 Å². The van der Waals surface area contributed by atoms with Crippen LogP contribution in [0.2, 0.25) is 0 Å². The molecule has 174 valence electrons. The van der Waals surface area contributed by atoms with E-state index >= 15 is 0 Å². The van der Waals surface area contributed by atoms with E-state index in [1.165, 1.54) is 44.9 Å². The first-order chi connectivity index (χ1) is 14.6. The van der Waals surface area contributed by atoms with Gasteiger partial charge in [0.25, 0.3) is 0 Å². The highest BCUT2D eigenvalue weighted by atomic mass is 16.5. The molecule has 0 bridgehead atoms. The van der Waals surface area contributed by atoms with Gasteiger partial charge in [0, 0.05) is 13.3 Å². The fourth-order valence-electron chi connectivity index (χ4n) is 8.57. The highest BCUT2D eigenvalue weighted by molar-refractivity contribution is 5.66. The molecule has 1 unspecified atom stereocenters. The van der Waals surface area contributed by atoms with E-state index in [9.17, 15) is 4.79 Å². The Balaban J connectivity index is 1.50. The molecule has 0 N–H and O–H groups in total. The van der Waals surface area contributed by atoms with Crippen LogP contribution in [0.25, 0.3) is 0 Å². The molecular formula is C29H46O2. The molecule has 4 aliphatic rings. The molecule has 8 atom stereocenters. The molecule has 0 aliphatic heterocycles. The summed E-state index contributed by atoms with van der Waals surface area (Å²) in [5.74, 6) is 4.76. The van der Waals surface area contributed by atoms with E-state index in [1.807, 2.05) is 0 Å². The van der Waals surface area contributed by atoms with Crippen molar-refractivity contribution in [3.05, 3.63) is 23.8 Å². The molecule has 0 aromatic heterocycles. The maximum atomic E-state index is 11.5. The Kier molecular flexibility index (Phi) is 6.50. The Bertz CT molecular complexity index is 733. The molecule has 0 spiro atoms. The lowest BCUT2D eigenvalue weighted by Crippen LogP contribution is -2.51. The van der Waals surface area contributed by atoms with Gasteiger partial charge in [0.2, 0.25) is 0 Å². The molecule has 0 radical (unpaired) electrons. The number of hydrogen-bond donors (Lipinski definition) is 0. The number of carbonyl (C=O) groups excluding carboxylic acids is 1. The summed E-state index contributed by atoms with van der Waals surface area (Å²) in [6.45, 7) is 13.9. The second-order valence-electron chi connectivity index (χ2n) is 12.4. The smallest absolute Gasteiger partial charge is 0.302 e. The first-order valence-corrected chi connectivity index (χ1v) is 13.2. The van der Waals surface area contributed by atoms with Crippen LogP contribution in [-0.2, 0) is 9.53 Å². The number of esters is 1. The van der Waals surface area contributed by atoms with Gasteiger partial charge in [0.05, 0.1) is 0 Å². The third-order valence-corrected chi connectivity index (χ3v) is 10.1. The van der Waals surface area contributed by atoms with Gasteiger partial charge in [-0.1, -0.05) is 58.4 Å². The largest absolute Gasteiger partial charge is 0.462 e. The van der Waals surface area contributed by atoms with Gasteiger partial charge < -0.3 is 4.74 Å². The third-order valence-electron chi connectivity index (χ3n) is 10.1. The number of allylic oxidation sites excluding steroid dienone is 3. The van der Waals surface area contributed by atoms with E-state index in [-0.39, 0.29) is 12.1 Å². The van der Waals surface area contributed by atoms with Crippen molar-refractivity contribution in [1.29, 1.82) is 0 Å². The van der Waals surface area contributed by atoms with Crippen molar-refractivity contribution >= 4 is 5.97 Å². The van der Waals surface area contributed by atoms with Gasteiger partial charge in [0.1, 0.15) is 6.10 Å². The summed E-state index contributed by atoms with van der Waals surface area (Å²) in [5, 5.41) is 0. The molecule has 31 heavy (non-hydrogen) atoms. The summed E-state index contributed by atoms with van der Waals surface area (Å²) in [5.41, 5.74) is 2.45. The van der Waals surface area contributed by atoms with Crippen LogP contribution in [0.5, 0.6) is 0 Å². The van der Waals surface area contributed by atoms with Crippen molar-refractivity contribution < 1.29 is 9.53 Å². The van der Waals surface area contributed by atoms with Crippen LogP contribution >= 0.6 is 0 Å². The third kappa shape index (κ3) is 4.18. The number of rotatable bonds is 5. The van der Waals surface area contributed by atoms with Crippen LogP contribution in [0.15, 0.2) is 23.8 Å².